The van der Waals surface area contributed by atoms with Crippen LogP contribution in [0.1, 0.15) is 24.0 Å². The second-order valence-electron chi connectivity index (χ2n) is 7.18. The molecule has 1 fully saturated rings. The normalized spacial score (nSPS) is 15.9. The molecule has 0 saturated carbocycles. The number of primary amides is 1. The molecule has 3 rings (SSSR count). The quantitative estimate of drug-likeness (QED) is 0.778. The van der Waals surface area contributed by atoms with Gasteiger partial charge in [0.15, 0.2) is 0 Å². The number of hydrogen-bond donors (Lipinski definition) is 1. The largest absolute Gasteiger partial charge is 0.497 e. The number of benzene rings is 2. The monoisotopic (exact) mass is 399 g/mol. The third-order valence-electron chi connectivity index (χ3n) is 5.22. The fourth-order valence-electron chi connectivity index (χ4n) is 3.67. The lowest BCUT2D eigenvalue weighted by Gasteiger charge is -2.30. The summed E-state index contributed by atoms with van der Waals surface area (Å²) in [5.41, 5.74) is 7.32. The lowest BCUT2D eigenvalue weighted by Crippen LogP contribution is -2.49. The smallest absolute Gasteiger partial charge is 0.315 e. The van der Waals surface area contributed by atoms with Crippen molar-refractivity contribution in [3.05, 3.63) is 65.5 Å². The Morgan fingerprint density at radius 2 is 1.97 bits per heavy atom. The summed E-state index contributed by atoms with van der Waals surface area (Å²) in [6.45, 7) is 1.30. The first-order chi connectivity index (χ1) is 14.0. The highest BCUT2D eigenvalue weighted by Gasteiger charge is 2.35. The number of halogens is 1. The third kappa shape index (κ3) is 5.25. The highest BCUT2D eigenvalue weighted by atomic mass is 19.1. The fraction of sp³-hybridized carbons (Fsp3) is 0.364. The molecule has 0 aromatic heterocycles. The van der Waals surface area contributed by atoms with Gasteiger partial charge in [-0.1, -0.05) is 24.3 Å². The van der Waals surface area contributed by atoms with Gasteiger partial charge < -0.3 is 20.3 Å². The Kier molecular flexibility index (Phi) is 6.69. The zero-order valence-electron chi connectivity index (χ0n) is 16.5. The van der Waals surface area contributed by atoms with Gasteiger partial charge in [-0.15, -0.1) is 0 Å². The van der Waals surface area contributed by atoms with Crippen LogP contribution in [0.25, 0.3) is 0 Å². The first kappa shape index (κ1) is 20.6. The Balaban J connectivity index is 1.77. The van der Waals surface area contributed by atoms with E-state index in [1.807, 2.05) is 24.3 Å². The molecule has 1 aliphatic rings. The predicted molar refractivity (Wildman–Crippen MR) is 108 cm³/mol. The van der Waals surface area contributed by atoms with E-state index < -0.39 is 12.1 Å². The summed E-state index contributed by atoms with van der Waals surface area (Å²) >= 11 is 0. The van der Waals surface area contributed by atoms with Crippen LogP contribution in [0, 0.1) is 5.82 Å². The number of carbonyl (C=O) groups is 2. The minimum absolute atomic E-state index is 0.131. The zero-order valence-corrected chi connectivity index (χ0v) is 16.5. The molecule has 29 heavy (non-hydrogen) atoms. The first-order valence-electron chi connectivity index (χ1n) is 9.70. The van der Waals surface area contributed by atoms with Crippen molar-refractivity contribution in [2.45, 2.75) is 31.8 Å². The Morgan fingerprint density at radius 1 is 1.21 bits per heavy atom. The van der Waals surface area contributed by atoms with Crippen molar-refractivity contribution < 1.29 is 18.7 Å². The average Bonchev–Trinajstić information content (AvgIpc) is 3.22. The van der Waals surface area contributed by atoms with Gasteiger partial charge in [0, 0.05) is 19.6 Å². The molecule has 0 unspecified atom stereocenters. The van der Waals surface area contributed by atoms with Gasteiger partial charge in [-0.25, -0.2) is 9.18 Å². The van der Waals surface area contributed by atoms with Crippen molar-refractivity contribution in [2.24, 2.45) is 5.73 Å². The summed E-state index contributed by atoms with van der Waals surface area (Å²) in [5, 5.41) is 0. The summed E-state index contributed by atoms with van der Waals surface area (Å²) < 4.78 is 18.5. The van der Waals surface area contributed by atoms with Gasteiger partial charge in [0.1, 0.15) is 17.6 Å². The highest BCUT2D eigenvalue weighted by molar-refractivity contribution is 5.87. The van der Waals surface area contributed by atoms with E-state index in [-0.39, 0.29) is 11.7 Å². The summed E-state index contributed by atoms with van der Waals surface area (Å²) in [6, 6.07) is 12.7. The molecule has 1 atom stereocenters. The molecular formula is C22H26FN3O3. The van der Waals surface area contributed by atoms with Crippen molar-refractivity contribution in [3.63, 3.8) is 0 Å². The number of likely N-dealkylation sites (tertiary alicyclic amines) is 1. The summed E-state index contributed by atoms with van der Waals surface area (Å²) in [7, 11) is 1.61. The number of nitrogens with zero attached hydrogens (tertiary/aromatic N) is 2. The van der Waals surface area contributed by atoms with E-state index in [9.17, 15) is 14.0 Å². The number of nitrogens with two attached hydrogens (primary N) is 1. The van der Waals surface area contributed by atoms with E-state index in [0.29, 0.717) is 32.5 Å². The molecule has 0 spiro atoms. The number of methoxy groups -OCH3 is 1. The number of carbonyl (C=O) groups excluding carboxylic acids is 2. The molecule has 1 aliphatic heterocycles. The summed E-state index contributed by atoms with van der Waals surface area (Å²) in [4.78, 5) is 28.1. The number of ether oxygens (including phenoxy) is 1. The predicted octanol–water partition coefficient (Wildman–Crippen LogP) is 2.95. The van der Waals surface area contributed by atoms with Gasteiger partial charge in [0.25, 0.3) is 0 Å². The van der Waals surface area contributed by atoms with Crippen LogP contribution in [-0.2, 0) is 17.8 Å². The van der Waals surface area contributed by atoms with Crippen molar-refractivity contribution in [3.8, 4) is 5.75 Å². The van der Waals surface area contributed by atoms with Crippen LogP contribution >= 0.6 is 0 Å². The Morgan fingerprint density at radius 3 is 2.66 bits per heavy atom. The minimum Gasteiger partial charge on any atom is -0.497 e. The van der Waals surface area contributed by atoms with Crippen LogP contribution in [0.2, 0.25) is 0 Å². The summed E-state index contributed by atoms with van der Waals surface area (Å²) in [6.07, 6.45) is 1.98. The average molecular weight is 399 g/mol. The lowest BCUT2D eigenvalue weighted by molar-refractivity contribution is -0.135. The van der Waals surface area contributed by atoms with E-state index in [1.54, 1.807) is 24.1 Å². The van der Waals surface area contributed by atoms with Gasteiger partial charge in [-0.05, 0) is 54.7 Å². The van der Waals surface area contributed by atoms with Crippen LogP contribution in [0.5, 0.6) is 5.75 Å². The molecule has 2 aromatic carbocycles. The fourth-order valence-corrected chi connectivity index (χ4v) is 3.67. The molecule has 2 N–H and O–H groups in total. The van der Waals surface area contributed by atoms with E-state index >= 15 is 0 Å². The Bertz CT molecular complexity index is 857. The zero-order chi connectivity index (χ0) is 20.8. The number of amides is 3. The standard InChI is InChI=1S/C22H26FN3O3/c1-29-19-5-2-4-16(14-19)11-13-25(15-17-7-9-18(23)10-8-17)21(27)20-6-3-12-26(20)22(24)28/h2,4-5,7-10,14,20H,3,6,11-13,15H2,1H3,(H2,24,28)/t20-/m0/s1. The van der Waals surface area contributed by atoms with Crippen LogP contribution in [0.15, 0.2) is 48.5 Å². The second kappa shape index (κ2) is 9.41. The van der Waals surface area contributed by atoms with E-state index in [1.165, 1.54) is 17.0 Å². The van der Waals surface area contributed by atoms with Gasteiger partial charge in [-0.3, -0.25) is 4.79 Å². The topological polar surface area (TPSA) is 75.9 Å². The van der Waals surface area contributed by atoms with Crippen LogP contribution < -0.4 is 10.5 Å². The number of hydrogen-bond acceptors (Lipinski definition) is 3. The maximum absolute atomic E-state index is 13.3. The Hall–Kier alpha value is -3.09. The van der Waals surface area contributed by atoms with E-state index in [0.717, 1.165) is 23.3 Å². The molecule has 0 aliphatic carbocycles. The van der Waals surface area contributed by atoms with Crippen molar-refractivity contribution in [2.75, 3.05) is 20.2 Å². The lowest BCUT2D eigenvalue weighted by atomic mass is 10.1. The van der Waals surface area contributed by atoms with Crippen molar-refractivity contribution in [1.82, 2.24) is 9.80 Å². The maximum Gasteiger partial charge on any atom is 0.315 e. The number of rotatable bonds is 7. The molecule has 0 bridgehead atoms. The first-order valence-corrected chi connectivity index (χ1v) is 9.70. The van der Waals surface area contributed by atoms with Crippen molar-refractivity contribution >= 4 is 11.9 Å². The van der Waals surface area contributed by atoms with Crippen LogP contribution in [0.4, 0.5) is 9.18 Å². The number of urea groups is 1. The highest BCUT2D eigenvalue weighted by Crippen LogP contribution is 2.21. The minimum atomic E-state index is -0.574. The molecule has 7 heteroatoms. The van der Waals surface area contributed by atoms with E-state index in [2.05, 4.69) is 0 Å². The van der Waals surface area contributed by atoms with Gasteiger partial charge in [-0.2, -0.15) is 0 Å². The summed E-state index contributed by atoms with van der Waals surface area (Å²) in [5.74, 6) is 0.307. The molecule has 1 heterocycles. The van der Waals surface area contributed by atoms with Crippen LogP contribution in [-0.4, -0.2) is 48.0 Å². The Labute approximate surface area is 170 Å². The molecule has 154 valence electrons. The third-order valence-corrected chi connectivity index (χ3v) is 5.22. The van der Waals surface area contributed by atoms with E-state index in [4.69, 9.17) is 10.5 Å². The van der Waals surface area contributed by atoms with Gasteiger partial charge in [0.2, 0.25) is 5.91 Å². The van der Waals surface area contributed by atoms with Crippen LogP contribution in [0.3, 0.4) is 0 Å². The molecule has 0 radical (unpaired) electrons. The van der Waals surface area contributed by atoms with Gasteiger partial charge in [0.05, 0.1) is 7.11 Å². The molecule has 6 nitrogen and oxygen atoms in total. The van der Waals surface area contributed by atoms with Crippen molar-refractivity contribution in [1.29, 1.82) is 0 Å². The van der Waals surface area contributed by atoms with Gasteiger partial charge >= 0.3 is 6.03 Å². The SMILES string of the molecule is COc1cccc(CCN(Cc2ccc(F)cc2)C(=O)[C@@H]2CCCN2C(N)=O)c1. The maximum atomic E-state index is 13.3. The molecular weight excluding hydrogens is 373 g/mol. The molecule has 2 aromatic rings. The second-order valence-corrected chi connectivity index (χ2v) is 7.18. The molecule has 1 saturated heterocycles. The molecule has 3 amide bonds.